The van der Waals surface area contributed by atoms with Crippen molar-refractivity contribution in [3.63, 3.8) is 0 Å². The number of halogens is 1. The van der Waals surface area contributed by atoms with Gasteiger partial charge in [-0.05, 0) is 66.1 Å². The molecule has 0 spiro atoms. The summed E-state index contributed by atoms with van der Waals surface area (Å²) in [5.74, 6) is -0.460. The third-order valence-electron chi connectivity index (χ3n) is 6.41. The fourth-order valence-corrected chi connectivity index (χ4v) is 5.08. The monoisotopic (exact) mass is 517 g/mol. The Hall–Kier alpha value is -3.93. The summed E-state index contributed by atoms with van der Waals surface area (Å²) >= 11 is 0. The quantitative estimate of drug-likeness (QED) is 0.272. The van der Waals surface area contributed by atoms with Gasteiger partial charge in [-0.3, -0.25) is 10.1 Å². The van der Waals surface area contributed by atoms with E-state index in [1.54, 1.807) is 18.5 Å². The molecule has 0 radical (unpaired) electrons. The minimum absolute atomic E-state index is 0.00879. The normalized spacial score (nSPS) is 14.4. The van der Waals surface area contributed by atoms with E-state index in [2.05, 4.69) is 36.3 Å². The van der Waals surface area contributed by atoms with Gasteiger partial charge in [-0.25, -0.2) is 22.5 Å². The van der Waals surface area contributed by atoms with E-state index in [0.717, 1.165) is 59.1 Å². The number of H-pyrrole nitrogens is 2. The first-order valence-corrected chi connectivity index (χ1v) is 13.7. The zero-order valence-electron chi connectivity index (χ0n) is 20.0. The number of nitrogens with one attached hydrogen (secondary N) is 4. The van der Waals surface area contributed by atoms with Crippen LogP contribution in [0.1, 0.15) is 17.7 Å². The maximum absolute atomic E-state index is 14.5. The molecular weight excluding hydrogens is 493 g/mol. The van der Waals surface area contributed by atoms with Gasteiger partial charge in [0.2, 0.25) is 10.0 Å². The molecule has 11 heteroatoms. The average Bonchev–Trinajstić information content (AvgIpc) is 3.51. The van der Waals surface area contributed by atoms with Crippen LogP contribution in [0.3, 0.4) is 0 Å². The second-order valence-corrected chi connectivity index (χ2v) is 11.0. The second-order valence-electron chi connectivity index (χ2n) is 9.12. The van der Waals surface area contributed by atoms with E-state index in [-0.39, 0.29) is 6.54 Å². The lowest BCUT2D eigenvalue weighted by atomic mass is 10.0. The van der Waals surface area contributed by atoms with E-state index in [4.69, 9.17) is 4.98 Å². The van der Waals surface area contributed by atoms with Crippen molar-refractivity contribution in [2.24, 2.45) is 0 Å². The molecule has 37 heavy (non-hydrogen) atoms. The maximum atomic E-state index is 14.5. The molecule has 1 aliphatic rings. The van der Waals surface area contributed by atoms with Crippen LogP contribution in [0, 0.1) is 5.82 Å². The number of fused-ring (bicyclic) bond motifs is 2. The van der Waals surface area contributed by atoms with E-state index in [9.17, 15) is 12.8 Å². The maximum Gasteiger partial charge on any atom is 0.209 e. The molecule has 188 valence electrons. The molecule has 4 aromatic heterocycles. The number of sulfonamides is 1. The van der Waals surface area contributed by atoms with Crippen LogP contribution in [0.15, 0.2) is 54.9 Å². The van der Waals surface area contributed by atoms with Crippen molar-refractivity contribution in [3.05, 3.63) is 71.9 Å². The highest BCUT2D eigenvalue weighted by Gasteiger charge is 2.17. The molecule has 4 N–H and O–H groups in total. The number of nitrogens with zero attached hydrogens (tertiary/aromatic N) is 3. The SMILES string of the molecule is CS(=O)(=O)NCc1cc(F)cc(-c2cncc3[nH]c(-c4n[nH]c5ccc(C6=CCNCC6)nc45)cc23)c1. The number of benzene rings is 1. The molecule has 6 rings (SSSR count). The number of rotatable bonds is 6. The number of hydrogen-bond donors (Lipinski definition) is 4. The van der Waals surface area contributed by atoms with E-state index >= 15 is 0 Å². The molecular formula is C26H24FN7O2S. The lowest BCUT2D eigenvalue weighted by Crippen LogP contribution is -2.21. The van der Waals surface area contributed by atoms with Crippen LogP contribution in [0.25, 0.3) is 50.0 Å². The van der Waals surface area contributed by atoms with Crippen LogP contribution in [0.4, 0.5) is 4.39 Å². The van der Waals surface area contributed by atoms with Gasteiger partial charge in [-0.2, -0.15) is 5.10 Å². The Morgan fingerprint density at radius 1 is 1.11 bits per heavy atom. The molecule has 9 nitrogen and oxygen atoms in total. The van der Waals surface area contributed by atoms with Gasteiger partial charge in [0.15, 0.2) is 0 Å². The molecule has 0 atom stereocenters. The molecule has 0 unspecified atom stereocenters. The largest absolute Gasteiger partial charge is 0.352 e. The molecule has 5 aromatic rings. The summed E-state index contributed by atoms with van der Waals surface area (Å²) in [4.78, 5) is 12.6. The predicted octanol–water partition coefficient (Wildman–Crippen LogP) is 3.73. The van der Waals surface area contributed by atoms with E-state index < -0.39 is 15.8 Å². The van der Waals surface area contributed by atoms with E-state index in [1.807, 2.05) is 18.2 Å². The molecule has 1 aliphatic heterocycles. The highest BCUT2D eigenvalue weighted by Crippen LogP contribution is 2.34. The molecule has 0 fully saturated rings. The number of aromatic nitrogens is 5. The fraction of sp³-hybridized carbons (Fsp3) is 0.192. The predicted molar refractivity (Wildman–Crippen MR) is 142 cm³/mol. The van der Waals surface area contributed by atoms with Gasteiger partial charge in [-0.15, -0.1) is 0 Å². The van der Waals surface area contributed by atoms with Gasteiger partial charge in [0.05, 0.1) is 34.9 Å². The van der Waals surface area contributed by atoms with Crippen LogP contribution < -0.4 is 10.0 Å². The summed E-state index contributed by atoms with van der Waals surface area (Å²) in [7, 11) is -3.41. The smallest absolute Gasteiger partial charge is 0.209 e. The van der Waals surface area contributed by atoms with Crippen molar-refractivity contribution in [1.29, 1.82) is 0 Å². The summed E-state index contributed by atoms with van der Waals surface area (Å²) < 4.78 is 39.9. The van der Waals surface area contributed by atoms with Gasteiger partial charge >= 0.3 is 0 Å². The van der Waals surface area contributed by atoms with Crippen LogP contribution in [-0.2, 0) is 16.6 Å². The van der Waals surface area contributed by atoms with Gasteiger partial charge in [0.1, 0.15) is 17.0 Å². The molecule has 5 heterocycles. The number of hydrogen-bond acceptors (Lipinski definition) is 6. The van der Waals surface area contributed by atoms with Crippen molar-refractivity contribution in [2.45, 2.75) is 13.0 Å². The van der Waals surface area contributed by atoms with E-state index in [0.29, 0.717) is 22.4 Å². The molecule has 0 bridgehead atoms. The van der Waals surface area contributed by atoms with Gasteiger partial charge < -0.3 is 10.3 Å². The van der Waals surface area contributed by atoms with Crippen molar-refractivity contribution in [2.75, 3.05) is 19.3 Å². The molecule has 1 aromatic carbocycles. The molecule has 0 aliphatic carbocycles. The first-order valence-electron chi connectivity index (χ1n) is 11.8. The van der Waals surface area contributed by atoms with Gasteiger partial charge in [0.25, 0.3) is 0 Å². The van der Waals surface area contributed by atoms with Crippen molar-refractivity contribution in [3.8, 4) is 22.5 Å². The Morgan fingerprint density at radius 2 is 2.00 bits per heavy atom. The standard InChI is InChI=1S/C26H24FN7O2S/c1-37(35,36)30-12-15-8-17(10-18(27)9-15)20-13-29-14-24-19(20)11-23(31-24)26-25-22(33-34-26)3-2-21(32-25)16-4-6-28-7-5-16/h2-4,8-11,13-14,28,30-31H,5-7,12H2,1H3,(H,33,34). The van der Waals surface area contributed by atoms with E-state index in [1.165, 1.54) is 17.7 Å². The fourth-order valence-electron chi connectivity index (χ4n) is 4.65. The Bertz CT molecular complexity index is 1790. The minimum atomic E-state index is -3.41. The van der Waals surface area contributed by atoms with Crippen LogP contribution in [0.2, 0.25) is 0 Å². The van der Waals surface area contributed by atoms with Gasteiger partial charge in [0, 0.05) is 30.2 Å². The molecule has 0 amide bonds. The number of pyridine rings is 2. The summed E-state index contributed by atoms with van der Waals surface area (Å²) in [5, 5.41) is 11.8. The lowest BCUT2D eigenvalue weighted by Gasteiger charge is -2.13. The van der Waals surface area contributed by atoms with Crippen molar-refractivity contribution in [1.82, 2.24) is 35.2 Å². The Labute approximate surface area is 212 Å². The first kappa shape index (κ1) is 23.5. The summed E-state index contributed by atoms with van der Waals surface area (Å²) in [6.45, 7) is 1.75. The lowest BCUT2D eigenvalue weighted by molar-refractivity contribution is 0.586. The summed E-state index contributed by atoms with van der Waals surface area (Å²) in [6.07, 6.45) is 7.53. The Kier molecular flexibility index (Phi) is 5.82. The summed E-state index contributed by atoms with van der Waals surface area (Å²) in [5.41, 5.74) is 7.77. The van der Waals surface area contributed by atoms with Crippen LogP contribution >= 0.6 is 0 Å². The highest BCUT2D eigenvalue weighted by molar-refractivity contribution is 7.88. The Balaban J connectivity index is 1.42. The average molecular weight is 518 g/mol. The molecule has 0 saturated carbocycles. The topological polar surface area (TPSA) is 128 Å². The first-order chi connectivity index (χ1) is 17.8. The second kappa shape index (κ2) is 9.18. The van der Waals surface area contributed by atoms with Crippen molar-refractivity contribution >= 4 is 37.5 Å². The van der Waals surface area contributed by atoms with Crippen LogP contribution in [-0.4, -0.2) is 52.9 Å². The Morgan fingerprint density at radius 3 is 2.81 bits per heavy atom. The van der Waals surface area contributed by atoms with Gasteiger partial charge in [-0.1, -0.05) is 6.08 Å². The third-order valence-corrected chi connectivity index (χ3v) is 7.08. The summed E-state index contributed by atoms with van der Waals surface area (Å²) in [6, 6.07) is 10.4. The third kappa shape index (κ3) is 4.76. The minimum Gasteiger partial charge on any atom is -0.352 e. The zero-order valence-corrected chi connectivity index (χ0v) is 20.8. The highest BCUT2D eigenvalue weighted by atomic mass is 32.2. The number of aromatic amines is 2. The zero-order chi connectivity index (χ0) is 25.6. The molecule has 0 saturated heterocycles. The van der Waals surface area contributed by atoms with Crippen LogP contribution in [0.5, 0.6) is 0 Å². The van der Waals surface area contributed by atoms with Crippen molar-refractivity contribution < 1.29 is 12.8 Å².